The van der Waals surface area contributed by atoms with Crippen molar-refractivity contribution in [3.8, 4) is 0 Å². The van der Waals surface area contributed by atoms with Crippen molar-refractivity contribution in [2.24, 2.45) is 0 Å². The lowest BCUT2D eigenvalue weighted by Gasteiger charge is -1.99. The van der Waals surface area contributed by atoms with Crippen LogP contribution in [0.5, 0.6) is 0 Å². The molecule has 0 atom stereocenters. The maximum absolute atomic E-state index is 9.82. The van der Waals surface area contributed by atoms with Crippen LogP contribution in [0.4, 0.5) is 0 Å². The zero-order chi connectivity index (χ0) is 11.9. The van der Waals surface area contributed by atoms with Crippen LogP contribution >= 0.6 is 0 Å². The highest BCUT2D eigenvalue weighted by atomic mass is 16.5. The molecule has 0 amide bonds. The van der Waals surface area contributed by atoms with Gasteiger partial charge in [0.2, 0.25) is 0 Å². The molecule has 0 aliphatic carbocycles. The van der Waals surface area contributed by atoms with Gasteiger partial charge in [-0.2, -0.15) is 0 Å². The van der Waals surface area contributed by atoms with Crippen LogP contribution in [0.2, 0.25) is 0 Å². The molecular weight excluding hydrogens is 192 g/mol. The molecule has 0 bridgehead atoms. The zero-order valence-corrected chi connectivity index (χ0v) is 10.7. The minimum Gasteiger partial charge on any atom is -0.466 e. The van der Waals surface area contributed by atoms with Crippen LogP contribution in [0.25, 0.3) is 0 Å². The van der Waals surface area contributed by atoms with Crippen molar-refractivity contribution in [3.63, 3.8) is 0 Å². The second-order valence-electron chi connectivity index (χ2n) is 3.24. The minimum absolute atomic E-state index is 0.211. The van der Waals surface area contributed by atoms with Crippen LogP contribution in [0, 0.1) is 0 Å². The summed E-state index contributed by atoms with van der Waals surface area (Å²) in [7, 11) is 0. The van der Waals surface area contributed by atoms with Crippen molar-refractivity contribution in [2.75, 3.05) is 19.8 Å². The van der Waals surface area contributed by atoms with Gasteiger partial charge in [0.25, 0.3) is 0 Å². The highest BCUT2D eigenvalue weighted by Gasteiger charge is 1.84. The molecule has 0 radical (unpaired) electrons. The maximum Gasteiger partial charge on any atom is 0.302 e. The van der Waals surface area contributed by atoms with Crippen LogP contribution in [0.15, 0.2) is 0 Å². The smallest absolute Gasteiger partial charge is 0.302 e. The van der Waals surface area contributed by atoms with Gasteiger partial charge in [-0.25, -0.2) is 0 Å². The van der Waals surface area contributed by atoms with Gasteiger partial charge >= 0.3 is 5.97 Å². The summed E-state index contributed by atoms with van der Waals surface area (Å²) >= 11 is 0. The Kier molecular flexibility index (Phi) is 17.8. The lowest BCUT2D eigenvalue weighted by molar-refractivity contribution is -0.140. The number of ether oxygens (including phenoxy) is 2. The number of hydrogen-bond donors (Lipinski definition) is 0. The van der Waals surface area contributed by atoms with E-state index >= 15 is 0 Å². The number of carbonyl (C=O) groups is 1. The Hall–Kier alpha value is -0.570. The van der Waals surface area contributed by atoms with Gasteiger partial charge in [0, 0.05) is 20.1 Å². The lowest BCUT2D eigenvalue weighted by Crippen LogP contribution is -1.95. The van der Waals surface area contributed by atoms with E-state index in [0.717, 1.165) is 13.2 Å². The van der Waals surface area contributed by atoms with E-state index in [2.05, 4.69) is 18.6 Å². The second-order valence-corrected chi connectivity index (χ2v) is 3.24. The number of unbranched alkanes of at least 4 members (excludes halogenated alkanes) is 2. The van der Waals surface area contributed by atoms with E-state index in [1.807, 2.05) is 0 Å². The van der Waals surface area contributed by atoms with E-state index in [1.54, 1.807) is 6.92 Å². The molecular formula is C12H26O3. The summed E-state index contributed by atoms with van der Waals surface area (Å²) < 4.78 is 9.72. The largest absolute Gasteiger partial charge is 0.466 e. The van der Waals surface area contributed by atoms with E-state index in [4.69, 9.17) is 4.74 Å². The molecule has 0 heterocycles. The van der Waals surface area contributed by atoms with Crippen molar-refractivity contribution in [2.45, 2.75) is 53.4 Å². The molecule has 0 aliphatic heterocycles. The van der Waals surface area contributed by atoms with Crippen LogP contribution in [-0.4, -0.2) is 25.8 Å². The first-order chi connectivity index (χ1) is 7.18. The number of esters is 1. The fraction of sp³-hybridized carbons (Fsp3) is 0.917. The Morgan fingerprint density at radius 1 is 1.00 bits per heavy atom. The molecule has 0 fully saturated rings. The predicted octanol–water partition coefficient (Wildman–Crippen LogP) is 3.17. The van der Waals surface area contributed by atoms with Crippen molar-refractivity contribution in [3.05, 3.63) is 0 Å². The predicted molar refractivity (Wildman–Crippen MR) is 62.9 cm³/mol. The van der Waals surface area contributed by atoms with Gasteiger partial charge in [-0.3, -0.25) is 4.79 Å². The van der Waals surface area contributed by atoms with Gasteiger partial charge in [0.15, 0.2) is 0 Å². The first kappa shape index (κ1) is 16.8. The molecule has 0 saturated carbocycles. The normalized spacial score (nSPS) is 9.07. The van der Waals surface area contributed by atoms with Crippen molar-refractivity contribution in [1.82, 2.24) is 0 Å². The summed E-state index contributed by atoms with van der Waals surface area (Å²) in [6.07, 6.45) is 4.91. The first-order valence-electron chi connectivity index (χ1n) is 5.90. The van der Waals surface area contributed by atoms with Crippen molar-refractivity contribution >= 4 is 5.97 Å². The zero-order valence-electron chi connectivity index (χ0n) is 10.7. The lowest BCUT2D eigenvalue weighted by atomic mass is 10.3. The van der Waals surface area contributed by atoms with Crippen LogP contribution < -0.4 is 0 Å². The maximum atomic E-state index is 9.82. The van der Waals surface area contributed by atoms with E-state index < -0.39 is 0 Å². The fourth-order valence-corrected chi connectivity index (χ4v) is 0.798. The third kappa shape index (κ3) is 24.7. The molecule has 0 aliphatic rings. The molecule has 0 aromatic heterocycles. The second kappa shape index (κ2) is 15.9. The summed E-state index contributed by atoms with van der Waals surface area (Å²) in [5.74, 6) is -0.211. The van der Waals surface area contributed by atoms with Crippen LogP contribution in [0.3, 0.4) is 0 Å². The fourth-order valence-electron chi connectivity index (χ4n) is 0.798. The molecule has 0 N–H and O–H groups in total. The molecule has 92 valence electrons. The molecule has 3 nitrogen and oxygen atoms in total. The SMILES string of the molecule is CCCCOCCCC.CCOC(C)=O. The number of carbonyl (C=O) groups excluding carboxylic acids is 1. The highest BCUT2D eigenvalue weighted by Crippen LogP contribution is 1.91. The van der Waals surface area contributed by atoms with Gasteiger partial charge < -0.3 is 9.47 Å². The minimum atomic E-state index is -0.211. The van der Waals surface area contributed by atoms with Gasteiger partial charge in [0.1, 0.15) is 0 Å². The summed E-state index contributed by atoms with van der Waals surface area (Å²) in [4.78, 5) is 9.82. The summed E-state index contributed by atoms with van der Waals surface area (Å²) in [6.45, 7) is 9.93. The third-order valence-corrected chi connectivity index (χ3v) is 1.63. The molecule has 15 heavy (non-hydrogen) atoms. The van der Waals surface area contributed by atoms with E-state index in [-0.39, 0.29) is 5.97 Å². The molecule has 3 heteroatoms. The van der Waals surface area contributed by atoms with Crippen LogP contribution in [-0.2, 0) is 14.3 Å². The molecule has 0 unspecified atom stereocenters. The topological polar surface area (TPSA) is 35.5 Å². The Morgan fingerprint density at radius 2 is 1.47 bits per heavy atom. The number of hydrogen-bond acceptors (Lipinski definition) is 3. The summed E-state index contributed by atoms with van der Waals surface area (Å²) in [5.41, 5.74) is 0. The molecule has 0 saturated heterocycles. The van der Waals surface area contributed by atoms with Crippen molar-refractivity contribution in [1.29, 1.82) is 0 Å². The number of rotatable bonds is 7. The standard InChI is InChI=1S/C8H18O.C4H8O2/c1-3-5-7-9-8-6-4-2;1-3-6-4(2)5/h3-8H2,1-2H3;3H2,1-2H3. The third-order valence-electron chi connectivity index (χ3n) is 1.63. The van der Waals surface area contributed by atoms with Crippen LogP contribution in [0.1, 0.15) is 53.4 Å². The van der Waals surface area contributed by atoms with E-state index in [9.17, 15) is 4.79 Å². The Morgan fingerprint density at radius 3 is 1.67 bits per heavy atom. The monoisotopic (exact) mass is 218 g/mol. The van der Waals surface area contributed by atoms with E-state index in [1.165, 1.54) is 32.6 Å². The van der Waals surface area contributed by atoms with Gasteiger partial charge in [-0.05, 0) is 19.8 Å². The van der Waals surface area contributed by atoms with Gasteiger partial charge in [0.05, 0.1) is 6.61 Å². The molecule has 0 spiro atoms. The molecule has 0 aromatic rings. The Labute approximate surface area is 94.1 Å². The average molecular weight is 218 g/mol. The Balaban J connectivity index is 0. The van der Waals surface area contributed by atoms with Gasteiger partial charge in [-0.15, -0.1) is 0 Å². The summed E-state index contributed by atoms with van der Waals surface area (Å²) in [6, 6.07) is 0. The quantitative estimate of drug-likeness (QED) is 0.486. The van der Waals surface area contributed by atoms with Gasteiger partial charge in [-0.1, -0.05) is 26.7 Å². The van der Waals surface area contributed by atoms with Crippen molar-refractivity contribution < 1.29 is 14.3 Å². The highest BCUT2D eigenvalue weighted by molar-refractivity contribution is 5.65. The average Bonchev–Trinajstić information content (AvgIpc) is 2.18. The molecule has 0 aromatic carbocycles. The summed E-state index contributed by atoms with van der Waals surface area (Å²) in [5, 5.41) is 0. The van der Waals surface area contributed by atoms with E-state index in [0.29, 0.717) is 6.61 Å². The molecule has 0 rings (SSSR count). The first-order valence-corrected chi connectivity index (χ1v) is 5.90. The Bertz CT molecular complexity index is 118.